The van der Waals surface area contributed by atoms with E-state index in [9.17, 15) is 0 Å². The highest BCUT2D eigenvalue weighted by Crippen LogP contribution is 2.24. The van der Waals surface area contributed by atoms with Gasteiger partial charge in [-0.15, -0.1) is 11.8 Å². The summed E-state index contributed by atoms with van der Waals surface area (Å²) in [4.78, 5) is 0. The van der Waals surface area contributed by atoms with Crippen molar-refractivity contribution in [1.29, 1.82) is 0 Å². The molecule has 0 aliphatic carbocycles. The van der Waals surface area contributed by atoms with Gasteiger partial charge in [0.25, 0.3) is 0 Å². The second-order valence-electron chi connectivity index (χ2n) is 3.05. The number of nitrogens with two attached hydrogens (primary N) is 1. The molecule has 1 unspecified atom stereocenters. The largest absolute Gasteiger partial charge is 0.271 e. The number of halogens is 2. The second-order valence-corrected chi connectivity index (χ2v) is 3.93. The lowest BCUT2D eigenvalue weighted by Gasteiger charge is -2.13. The summed E-state index contributed by atoms with van der Waals surface area (Å²) >= 11 is 11.8. The molecule has 0 fully saturated rings. The minimum atomic E-state index is -0.0475. The first-order valence-electron chi connectivity index (χ1n) is 4.49. The Morgan fingerprint density at radius 3 is 2.40 bits per heavy atom. The molecule has 4 heteroatoms. The van der Waals surface area contributed by atoms with E-state index in [1.54, 1.807) is 13.0 Å². The van der Waals surface area contributed by atoms with Gasteiger partial charge in [-0.25, -0.2) is 0 Å². The van der Waals surface area contributed by atoms with E-state index in [0.717, 1.165) is 5.56 Å². The van der Waals surface area contributed by atoms with Gasteiger partial charge in [0.05, 0.1) is 6.04 Å². The molecule has 1 rings (SSSR count). The van der Waals surface area contributed by atoms with Crippen molar-refractivity contribution >= 4 is 23.2 Å². The van der Waals surface area contributed by atoms with E-state index in [1.807, 2.05) is 12.1 Å². The lowest BCUT2D eigenvalue weighted by atomic mass is 10.0. The Balaban J connectivity index is 2.93. The van der Waals surface area contributed by atoms with Crippen molar-refractivity contribution in [2.45, 2.75) is 19.4 Å². The Bertz CT molecular complexity index is 373. The van der Waals surface area contributed by atoms with Gasteiger partial charge >= 0.3 is 0 Å². The van der Waals surface area contributed by atoms with Gasteiger partial charge in [0, 0.05) is 16.5 Å². The van der Waals surface area contributed by atoms with Gasteiger partial charge in [-0.05, 0) is 30.7 Å². The van der Waals surface area contributed by atoms with Gasteiger partial charge in [-0.1, -0.05) is 23.2 Å². The highest BCUT2D eigenvalue weighted by molar-refractivity contribution is 6.34. The minimum absolute atomic E-state index is 0.0475. The molecule has 80 valence electrons. The normalized spacial score (nSPS) is 11.7. The molecule has 0 aliphatic heterocycles. The van der Waals surface area contributed by atoms with Crippen LogP contribution < -0.4 is 11.3 Å². The number of benzene rings is 1. The molecule has 1 aromatic rings. The van der Waals surface area contributed by atoms with Gasteiger partial charge in [-0.2, -0.15) is 0 Å². The van der Waals surface area contributed by atoms with Crippen LogP contribution in [0.5, 0.6) is 0 Å². The van der Waals surface area contributed by atoms with Crippen LogP contribution in [0.1, 0.15) is 24.9 Å². The van der Waals surface area contributed by atoms with Crippen LogP contribution in [0, 0.1) is 11.8 Å². The van der Waals surface area contributed by atoms with E-state index in [-0.39, 0.29) is 6.04 Å². The van der Waals surface area contributed by atoms with Crippen molar-refractivity contribution in [3.05, 3.63) is 33.8 Å². The van der Waals surface area contributed by atoms with Crippen LogP contribution >= 0.6 is 23.2 Å². The molecule has 0 amide bonds. The van der Waals surface area contributed by atoms with E-state index < -0.39 is 0 Å². The van der Waals surface area contributed by atoms with Crippen molar-refractivity contribution < 1.29 is 0 Å². The fraction of sp³-hybridized carbons (Fsp3) is 0.273. The van der Waals surface area contributed by atoms with Crippen molar-refractivity contribution in [3.63, 3.8) is 0 Å². The molecule has 2 nitrogen and oxygen atoms in total. The Labute approximate surface area is 99.7 Å². The number of hydrogen-bond donors (Lipinski definition) is 2. The lowest BCUT2D eigenvalue weighted by Crippen LogP contribution is -2.27. The Morgan fingerprint density at radius 2 is 1.93 bits per heavy atom. The van der Waals surface area contributed by atoms with Gasteiger partial charge in [0.2, 0.25) is 0 Å². The zero-order valence-electron chi connectivity index (χ0n) is 8.35. The average molecular weight is 243 g/mol. The van der Waals surface area contributed by atoms with E-state index in [1.165, 1.54) is 0 Å². The van der Waals surface area contributed by atoms with Crippen molar-refractivity contribution in [3.8, 4) is 11.8 Å². The SMILES string of the molecule is CC#CCC(NN)c1cc(Cl)cc(Cl)c1. The molecule has 0 bridgehead atoms. The molecule has 0 saturated carbocycles. The van der Waals surface area contributed by atoms with Crippen LogP contribution in [0.2, 0.25) is 10.0 Å². The van der Waals surface area contributed by atoms with Crippen molar-refractivity contribution in [2.75, 3.05) is 0 Å². The summed E-state index contributed by atoms with van der Waals surface area (Å²) in [6.07, 6.45) is 0.629. The molecule has 0 spiro atoms. The van der Waals surface area contributed by atoms with Gasteiger partial charge in [-0.3, -0.25) is 11.3 Å². The Hall–Kier alpha value is -0.720. The number of nitrogens with one attached hydrogen (secondary N) is 1. The van der Waals surface area contributed by atoms with Gasteiger partial charge < -0.3 is 0 Å². The molecule has 15 heavy (non-hydrogen) atoms. The first-order chi connectivity index (χ1) is 7.17. The molecule has 3 N–H and O–H groups in total. The van der Waals surface area contributed by atoms with Crippen LogP contribution in [-0.4, -0.2) is 0 Å². The molecule has 0 aromatic heterocycles. The van der Waals surface area contributed by atoms with Crippen LogP contribution in [0.25, 0.3) is 0 Å². The fourth-order valence-corrected chi connectivity index (χ4v) is 1.80. The van der Waals surface area contributed by atoms with Crippen molar-refractivity contribution in [2.24, 2.45) is 5.84 Å². The summed E-state index contributed by atoms with van der Waals surface area (Å²) in [5.74, 6) is 11.2. The third kappa shape index (κ3) is 3.73. The average Bonchev–Trinajstić information content (AvgIpc) is 2.17. The van der Waals surface area contributed by atoms with E-state index in [0.29, 0.717) is 16.5 Å². The van der Waals surface area contributed by atoms with Gasteiger partial charge in [0.15, 0.2) is 0 Å². The van der Waals surface area contributed by atoms with Crippen LogP contribution in [0.15, 0.2) is 18.2 Å². The third-order valence-corrected chi connectivity index (χ3v) is 2.41. The summed E-state index contributed by atoms with van der Waals surface area (Å²) in [5, 5.41) is 1.20. The maximum atomic E-state index is 5.90. The van der Waals surface area contributed by atoms with E-state index >= 15 is 0 Å². The zero-order valence-corrected chi connectivity index (χ0v) is 9.86. The minimum Gasteiger partial charge on any atom is -0.271 e. The molecular formula is C11H12Cl2N2. The third-order valence-electron chi connectivity index (χ3n) is 1.97. The monoisotopic (exact) mass is 242 g/mol. The van der Waals surface area contributed by atoms with Crippen LogP contribution in [-0.2, 0) is 0 Å². The molecule has 0 saturated heterocycles. The molecule has 1 atom stereocenters. The second kappa shape index (κ2) is 5.99. The first-order valence-corrected chi connectivity index (χ1v) is 5.24. The number of hydrazine groups is 1. The highest BCUT2D eigenvalue weighted by atomic mass is 35.5. The smallest absolute Gasteiger partial charge is 0.0570 e. The summed E-state index contributed by atoms with van der Waals surface area (Å²) in [5.41, 5.74) is 3.63. The van der Waals surface area contributed by atoms with Crippen molar-refractivity contribution in [1.82, 2.24) is 5.43 Å². The zero-order chi connectivity index (χ0) is 11.3. The maximum Gasteiger partial charge on any atom is 0.0570 e. The standard InChI is InChI=1S/C11H12Cl2N2/c1-2-3-4-11(15-14)8-5-9(12)7-10(13)6-8/h5-7,11,15H,4,14H2,1H3. The Kier molecular flexibility index (Phi) is 4.93. The highest BCUT2D eigenvalue weighted by Gasteiger charge is 2.09. The van der Waals surface area contributed by atoms with Crippen LogP contribution in [0.4, 0.5) is 0 Å². The first kappa shape index (κ1) is 12.4. The Morgan fingerprint density at radius 1 is 1.33 bits per heavy atom. The topological polar surface area (TPSA) is 38.0 Å². The summed E-state index contributed by atoms with van der Waals surface area (Å²) in [6.45, 7) is 1.79. The molecule has 1 aromatic carbocycles. The molecular weight excluding hydrogens is 231 g/mol. The maximum absolute atomic E-state index is 5.90. The molecule has 0 radical (unpaired) electrons. The van der Waals surface area contributed by atoms with E-state index in [2.05, 4.69) is 17.3 Å². The number of hydrogen-bond acceptors (Lipinski definition) is 2. The fourth-order valence-electron chi connectivity index (χ4n) is 1.25. The number of rotatable bonds is 3. The van der Waals surface area contributed by atoms with Gasteiger partial charge in [0.1, 0.15) is 0 Å². The van der Waals surface area contributed by atoms with Crippen LogP contribution in [0.3, 0.4) is 0 Å². The van der Waals surface area contributed by atoms with E-state index in [4.69, 9.17) is 29.0 Å². The summed E-state index contributed by atoms with van der Waals surface area (Å²) in [6, 6.07) is 5.30. The quantitative estimate of drug-likeness (QED) is 0.486. The molecule has 0 aliphatic rings. The summed E-state index contributed by atoms with van der Waals surface area (Å²) < 4.78 is 0. The summed E-state index contributed by atoms with van der Waals surface area (Å²) in [7, 11) is 0. The lowest BCUT2D eigenvalue weighted by molar-refractivity contribution is 0.568. The molecule has 0 heterocycles. The predicted octanol–water partition coefficient (Wildman–Crippen LogP) is 2.91. The predicted molar refractivity (Wildman–Crippen MR) is 64.6 cm³/mol.